The predicted molar refractivity (Wildman–Crippen MR) is 69.0 cm³/mol. The van der Waals surface area contributed by atoms with Crippen molar-refractivity contribution in [3.63, 3.8) is 0 Å². The highest BCUT2D eigenvalue weighted by Gasteiger charge is 2.28. The van der Waals surface area contributed by atoms with Gasteiger partial charge in [-0.3, -0.25) is 4.79 Å². The molecule has 1 aromatic carbocycles. The Morgan fingerprint density at radius 3 is 2.29 bits per heavy atom. The molecule has 1 rings (SSSR count). The fourth-order valence-corrected chi connectivity index (χ4v) is 1.95. The standard InChI is InChI=1S/C13H18ClNO2/c1-3-15(4-2)13(17)11(14)12(16)10-8-6-5-7-9-10/h5-9,11-12,16H,3-4H2,1-2H3. The molecule has 0 radical (unpaired) electrons. The summed E-state index contributed by atoms with van der Waals surface area (Å²) in [7, 11) is 0. The van der Waals surface area contributed by atoms with Crippen LogP contribution in [0.4, 0.5) is 0 Å². The molecule has 94 valence electrons. The van der Waals surface area contributed by atoms with Crippen LogP contribution in [0.1, 0.15) is 25.5 Å². The van der Waals surface area contributed by atoms with Crippen molar-refractivity contribution < 1.29 is 9.90 Å². The van der Waals surface area contributed by atoms with Gasteiger partial charge in [-0.1, -0.05) is 30.3 Å². The van der Waals surface area contributed by atoms with Crippen LogP contribution in [0.3, 0.4) is 0 Å². The number of halogens is 1. The average molecular weight is 256 g/mol. The number of alkyl halides is 1. The Hall–Kier alpha value is -1.06. The minimum absolute atomic E-state index is 0.229. The molecule has 0 saturated carbocycles. The molecule has 0 fully saturated rings. The minimum Gasteiger partial charge on any atom is -0.386 e. The third-order valence-electron chi connectivity index (χ3n) is 2.73. The third-order valence-corrected chi connectivity index (χ3v) is 3.15. The highest BCUT2D eigenvalue weighted by atomic mass is 35.5. The van der Waals surface area contributed by atoms with E-state index >= 15 is 0 Å². The van der Waals surface area contributed by atoms with Gasteiger partial charge in [0.15, 0.2) is 0 Å². The molecule has 2 atom stereocenters. The molecule has 0 aromatic heterocycles. The molecule has 0 bridgehead atoms. The molecular formula is C13H18ClNO2. The first-order chi connectivity index (χ1) is 8.11. The Labute approximate surface area is 107 Å². The first-order valence-corrected chi connectivity index (χ1v) is 6.21. The Morgan fingerprint density at radius 2 is 1.82 bits per heavy atom. The SMILES string of the molecule is CCN(CC)C(=O)C(Cl)C(O)c1ccccc1. The number of carbonyl (C=O) groups excluding carboxylic acids is 1. The first-order valence-electron chi connectivity index (χ1n) is 5.77. The second-order valence-corrected chi connectivity index (χ2v) is 4.24. The van der Waals surface area contributed by atoms with E-state index in [9.17, 15) is 9.90 Å². The van der Waals surface area contributed by atoms with E-state index in [1.165, 1.54) is 0 Å². The van der Waals surface area contributed by atoms with Gasteiger partial charge in [0.1, 0.15) is 11.5 Å². The van der Waals surface area contributed by atoms with Gasteiger partial charge in [0.2, 0.25) is 5.91 Å². The molecule has 3 nitrogen and oxygen atoms in total. The summed E-state index contributed by atoms with van der Waals surface area (Å²) in [4.78, 5) is 13.6. The predicted octanol–water partition coefficient (Wildman–Crippen LogP) is 2.20. The third kappa shape index (κ3) is 3.45. The number of aliphatic hydroxyl groups is 1. The van der Waals surface area contributed by atoms with Crippen LogP contribution in [0.15, 0.2) is 30.3 Å². The molecule has 1 aromatic rings. The van der Waals surface area contributed by atoms with Crippen molar-refractivity contribution >= 4 is 17.5 Å². The van der Waals surface area contributed by atoms with Crippen molar-refractivity contribution in [1.82, 2.24) is 4.90 Å². The smallest absolute Gasteiger partial charge is 0.243 e. The Morgan fingerprint density at radius 1 is 1.29 bits per heavy atom. The maximum absolute atomic E-state index is 12.0. The molecule has 4 heteroatoms. The molecule has 0 heterocycles. The molecule has 0 spiro atoms. The van der Waals surface area contributed by atoms with Crippen molar-refractivity contribution in [1.29, 1.82) is 0 Å². The lowest BCUT2D eigenvalue weighted by Gasteiger charge is -2.24. The molecule has 1 amide bonds. The lowest BCUT2D eigenvalue weighted by atomic mass is 10.1. The van der Waals surface area contributed by atoms with E-state index in [1.54, 1.807) is 17.0 Å². The first kappa shape index (κ1) is 14.0. The summed E-state index contributed by atoms with van der Waals surface area (Å²) in [6.45, 7) is 4.97. The van der Waals surface area contributed by atoms with Crippen LogP contribution in [0, 0.1) is 0 Å². The monoisotopic (exact) mass is 255 g/mol. The van der Waals surface area contributed by atoms with Crippen LogP contribution in [0.5, 0.6) is 0 Å². The van der Waals surface area contributed by atoms with Gasteiger partial charge in [0, 0.05) is 13.1 Å². The van der Waals surface area contributed by atoms with Crippen LogP contribution < -0.4 is 0 Å². The summed E-state index contributed by atoms with van der Waals surface area (Å²) < 4.78 is 0. The summed E-state index contributed by atoms with van der Waals surface area (Å²) in [5.74, 6) is -0.229. The van der Waals surface area contributed by atoms with Crippen LogP contribution >= 0.6 is 11.6 Å². The van der Waals surface area contributed by atoms with E-state index in [1.807, 2.05) is 32.0 Å². The maximum Gasteiger partial charge on any atom is 0.243 e. The van der Waals surface area contributed by atoms with Crippen molar-refractivity contribution in [2.45, 2.75) is 25.3 Å². The number of nitrogens with zero attached hydrogens (tertiary/aromatic N) is 1. The second kappa shape index (κ2) is 6.62. The summed E-state index contributed by atoms with van der Waals surface area (Å²) in [6.07, 6.45) is -0.967. The zero-order valence-corrected chi connectivity index (χ0v) is 10.9. The van der Waals surface area contributed by atoms with E-state index in [-0.39, 0.29) is 5.91 Å². The van der Waals surface area contributed by atoms with Gasteiger partial charge in [-0.2, -0.15) is 0 Å². The summed E-state index contributed by atoms with van der Waals surface area (Å²) in [5, 5.41) is 9.09. The maximum atomic E-state index is 12.0. The summed E-state index contributed by atoms with van der Waals surface area (Å²) in [6, 6.07) is 8.99. The van der Waals surface area contributed by atoms with Crippen molar-refractivity contribution in [3.8, 4) is 0 Å². The van der Waals surface area contributed by atoms with Crippen LogP contribution in [0.25, 0.3) is 0 Å². The zero-order chi connectivity index (χ0) is 12.8. The normalized spacial score (nSPS) is 14.1. The van der Waals surface area contributed by atoms with Crippen LogP contribution in [0.2, 0.25) is 0 Å². The Kier molecular flexibility index (Phi) is 5.45. The minimum atomic E-state index is -0.967. The molecule has 1 N–H and O–H groups in total. The molecule has 0 aliphatic rings. The second-order valence-electron chi connectivity index (χ2n) is 3.77. The van der Waals surface area contributed by atoms with Crippen LogP contribution in [-0.4, -0.2) is 34.4 Å². The quantitative estimate of drug-likeness (QED) is 0.820. The van der Waals surface area contributed by atoms with Gasteiger partial charge in [-0.15, -0.1) is 11.6 Å². The number of amides is 1. The number of benzene rings is 1. The number of aliphatic hydroxyl groups excluding tert-OH is 1. The van der Waals surface area contributed by atoms with E-state index < -0.39 is 11.5 Å². The van der Waals surface area contributed by atoms with Crippen molar-refractivity contribution in [2.75, 3.05) is 13.1 Å². The number of hydrogen-bond acceptors (Lipinski definition) is 2. The van der Waals surface area contributed by atoms with Gasteiger partial charge in [0.25, 0.3) is 0 Å². The Bertz CT molecular complexity index is 352. The van der Waals surface area contributed by atoms with Gasteiger partial charge in [-0.25, -0.2) is 0 Å². The van der Waals surface area contributed by atoms with E-state index in [0.717, 1.165) is 0 Å². The zero-order valence-electron chi connectivity index (χ0n) is 10.1. The number of rotatable bonds is 5. The highest BCUT2D eigenvalue weighted by Crippen LogP contribution is 2.22. The molecule has 17 heavy (non-hydrogen) atoms. The Balaban J connectivity index is 2.76. The van der Waals surface area contributed by atoms with E-state index in [2.05, 4.69) is 0 Å². The largest absolute Gasteiger partial charge is 0.386 e. The average Bonchev–Trinajstić information content (AvgIpc) is 2.39. The van der Waals surface area contributed by atoms with E-state index in [0.29, 0.717) is 18.7 Å². The molecule has 2 unspecified atom stereocenters. The van der Waals surface area contributed by atoms with Gasteiger partial charge in [-0.05, 0) is 19.4 Å². The molecular weight excluding hydrogens is 238 g/mol. The molecule has 0 saturated heterocycles. The molecule has 0 aliphatic heterocycles. The fraction of sp³-hybridized carbons (Fsp3) is 0.462. The summed E-state index contributed by atoms with van der Waals surface area (Å²) in [5.41, 5.74) is 0.660. The fourth-order valence-electron chi connectivity index (χ4n) is 1.66. The lowest BCUT2D eigenvalue weighted by Crippen LogP contribution is -2.39. The topological polar surface area (TPSA) is 40.5 Å². The molecule has 0 aliphatic carbocycles. The van der Waals surface area contributed by atoms with Crippen LogP contribution in [-0.2, 0) is 4.79 Å². The number of carbonyl (C=O) groups is 1. The summed E-state index contributed by atoms with van der Waals surface area (Å²) >= 11 is 6.03. The number of hydrogen-bond donors (Lipinski definition) is 1. The van der Waals surface area contributed by atoms with Gasteiger partial charge < -0.3 is 10.0 Å². The van der Waals surface area contributed by atoms with Gasteiger partial charge >= 0.3 is 0 Å². The van der Waals surface area contributed by atoms with Crippen molar-refractivity contribution in [2.24, 2.45) is 0 Å². The van der Waals surface area contributed by atoms with E-state index in [4.69, 9.17) is 11.6 Å². The van der Waals surface area contributed by atoms with Crippen molar-refractivity contribution in [3.05, 3.63) is 35.9 Å². The lowest BCUT2D eigenvalue weighted by molar-refractivity contribution is -0.132. The van der Waals surface area contributed by atoms with Gasteiger partial charge in [0.05, 0.1) is 0 Å². The highest BCUT2D eigenvalue weighted by molar-refractivity contribution is 6.31.